The van der Waals surface area contributed by atoms with E-state index < -0.39 is 10.0 Å². The minimum atomic E-state index is -3.52. The predicted octanol–water partition coefficient (Wildman–Crippen LogP) is 1.69. The van der Waals surface area contributed by atoms with Crippen molar-refractivity contribution in [2.24, 2.45) is 0 Å². The van der Waals surface area contributed by atoms with Gasteiger partial charge < -0.3 is 5.32 Å². The fourth-order valence-corrected chi connectivity index (χ4v) is 4.76. The van der Waals surface area contributed by atoms with Gasteiger partial charge in [0, 0.05) is 24.5 Å². The van der Waals surface area contributed by atoms with E-state index in [2.05, 4.69) is 21.9 Å². The van der Waals surface area contributed by atoms with E-state index in [1.165, 1.54) is 0 Å². The number of aromatic nitrogens is 1. The number of anilines is 1. The van der Waals surface area contributed by atoms with Gasteiger partial charge in [0.25, 0.3) is 0 Å². The summed E-state index contributed by atoms with van der Waals surface area (Å²) in [6, 6.07) is 3.19. The Bertz CT molecular complexity index is 540. The normalized spacial score (nSPS) is 23.5. The van der Waals surface area contributed by atoms with Crippen molar-refractivity contribution < 1.29 is 8.42 Å². The molecule has 7 heteroatoms. The molecule has 1 atom stereocenters. The lowest BCUT2D eigenvalue weighted by Crippen LogP contribution is -2.37. The van der Waals surface area contributed by atoms with Crippen molar-refractivity contribution in [1.29, 1.82) is 0 Å². The highest BCUT2D eigenvalue weighted by Gasteiger charge is 2.31. The van der Waals surface area contributed by atoms with Gasteiger partial charge in [-0.15, -0.1) is 0 Å². The van der Waals surface area contributed by atoms with Crippen LogP contribution in [-0.4, -0.2) is 37.5 Å². The highest BCUT2D eigenvalue weighted by Crippen LogP contribution is 2.37. The molecule has 1 aromatic rings. The Morgan fingerprint density at radius 3 is 2.95 bits per heavy atom. The highest BCUT2D eigenvalue weighted by molar-refractivity contribution is 8.01. The van der Waals surface area contributed by atoms with Crippen LogP contribution in [0, 0.1) is 0 Å². The van der Waals surface area contributed by atoms with Gasteiger partial charge in [-0.05, 0) is 37.7 Å². The van der Waals surface area contributed by atoms with E-state index in [1.807, 2.05) is 11.8 Å². The SMILES string of the molecule is CNc1ncccc1S(=O)(=O)NCC1(C)CCCS1. The Hall–Kier alpha value is -0.790. The number of nitrogens with one attached hydrogen (secondary N) is 2. The molecule has 1 unspecified atom stereocenters. The Labute approximate surface area is 118 Å². The van der Waals surface area contributed by atoms with E-state index in [4.69, 9.17) is 0 Å². The van der Waals surface area contributed by atoms with E-state index in [9.17, 15) is 8.42 Å². The maximum Gasteiger partial charge on any atom is 0.244 e. The van der Waals surface area contributed by atoms with Crippen LogP contribution >= 0.6 is 11.8 Å². The van der Waals surface area contributed by atoms with Crippen molar-refractivity contribution in [2.45, 2.75) is 29.4 Å². The number of sulfonamides is 1. The van der Waals surface area contributed by atoms with Crippen LogP contribution in [0.5, 0.6) is 0 Å². The average Bonchev–Trinajstić information content (AvgIpc) is 2.84. The van der Waals surface area contributed by atoms with Crippen molar-refractivity contribution in [1.82, 2.24) is 9.71 Å². The van der Waals surface area contributed by atoms with Crippen LogP contribution in [0.2, 0.25) is 0 Å². The first-order chi connectivity index (χ1) is 8.97. The van der Waals surface area contributed by atoms with Crippen molar-refractivity contribution in [3.8, 4) is 0 Å². The molecule has 106 valence electrons. The van der Waals surface area contributed by atoms with Crippen LogP contribution in [0.3, 0.4) is 0 Å². The molecule has 2 N–H and O–H groups in total. The third-order valence-corrected chi connectivity index (χ3v) is 6.20. The van der Waals surface area contributed by atoms with Gasteiger partial charge in [-0.25, -0.2) is 18.1 Å². The largest absolute Gasteiger partial charge is 0.372 e. The first-order valence-corrected chi connectivity index (χ1v) is 8.70. The number of hydrogen-bond donors (Lipinski definition) is 2. The minimum absolute atomic E-state index is 0.00901. The first kappa shape index (κ1) is 14.6. The van der Waals surface area contributed by atoms with Crippen LogP contribution in [0.25, 0.3) is 0 Å². The summed E-state index contributed by atoms with van der Waals surface area (Å²) in [5, 5.41) is 2.80. The van der Waals surface area contributed by atoms with E-state index in [0.717, 1.165) is 18.6 Å². The Morgan fingerprint density at radius 2 is 2.32 bits per heavy atom. The van der Waals surface area contributed by atoms with E-state index >= 15 is 0 Å². The fraction of sp³-hybridized carbons (Fsp3) is 0.583. The maximum atomic E-state index is 12.3. The quantitative estimate of drug-likeness (QED) is 0.866. The standard InChI is InChI=1S/C12H19N3O2S2/c1-12(6-4-8-18-12)9-15-19(16,17)10-5-3-7-14-11(10)13-2/h3,5,7,15H,4,6,8-9H2,1-2H3,(H,13,14). The summed E-state index contributed by atoms with van der Waals surface area (Å²) in [5.41, 5.74) is 0. The molecule has 1 aliphatic heterocycles. The van der Waals surface area contributed by atoms with Crippen LogP contribution in [0.4, 0.5) is 5.82 Å². The molecule has 0 aliphatic carbocycles. The van der Waals surface area contributed by atoms with Gasteiger partial charge in [0.15, 0.2) is 0 Å². The third kappa shape index (κ3) is 3.40. The molecule has 5 nitrogen and oxygen atoms in total. The predicted molar refractivity (Wildman–Crippen MR) is 79.1 cm³/mol. The van der Waals surface area contributed by atoms with Gasteiger partial charge in [-0.2, -0.15) is 11.8 Å². The highest BCUT2D eigenvalue weighted by atomic mass is 32.2. The van der Waals surface area contributed by atoms with Gasteiger partial charge >= 0.3 is 0 Å². The zero-order valence-electron chi connectivity index (χ0n) is 11.1. The number of nitrogens with zero attached hydrogens (tertiary/aromatic N) is 1. The fourth-order valence-electron chi connectivity index (χ4n) is 2.10. The Kier molecular flexibility index (Phi) is 4.37. The van der Waals surface area contributed by atoms with Crippen LogP contribution in [0.1, 0.15) is 19.8 Å². The second kappa shape index (κ2) is 5.68. The van der Waals surface area contributed by atoms with Crippen molar-refractivity contribution in [3.05, 3.63) is 18.3 Å². The molecule has 1 fully saturated rings. The number of pyridine rings is 1. The Morgan fingerprint density at radius 1 is 1.53 bits per heavy atom. The molecular formula is C12H19N3O2S2. The zero-order valence-corrected chi connectivity index (χ0v) is 12.8. The van der Waals surface area contributed by atoms with Crippen molar-refractivity contribution in [3.63, 3.8) is 0 Å². The van der Waals surface area contributed by atoms with Crippen LogP contribution in [0.15, 0.2) is 23.2 Å². The van der Waals surface area contributed by atoms with E-state index in [0.29, 0.717) is 12.4 Å². The molecule has 0 radical (unpaired) electrons. The second-order valence-corrected chi connectivity index (χ2v) is 8.24. The number of rotatable bonds is 5. The van der Waals surface area contributed by atoms with Crippen LogP contribution in [-0.2, 0) is 10.0 Å². The van der Waals surface area contributed by atoms with Gasteiger partial charge in [-0.1, -0.05) is 0 Å². The summed E-state index contributed by atoms with van der Waals surface area (Å²) in [5.74, 6) is 1.48. The number of hydrogen-bond acceptors (Lipinski definition) is 5. The summed E-state index contributed by atoms with van der Waals surface area (Å²) in [7, 11) is -1.85. The summed E-state index contributed by atoms with van der Waals surface area (Å²) in [4.78, 5) is 4.22. The molecular weight excluding hydrogens is 282 g/mol. The summed E-state index contributed by atoms with van der Waals surface area (Å²) in [6.07, 6.45) is 3.77. The average molecular weight is 301 g/mol. The topological polar surface area (TPSA) is 71.1 Å². The summed E-state index contributed by atoms with van der Waals surface area (Å²) < 4.78 is 27.3. The first-order valence-electron chi connectivity index (χ1n) is 6.23. The smallest absolute Gasteiger partial charge is 0.244 e. The van der Waals surface area contributed by atoms with Crippen molar-refractivity contribution in [2.75, 3.05) is 24.7 Å². The maximum absolute atomic E-state index is 12.3. The summed E-state index contributed by atoms with van der Waals surface area (Å²) >= 11 is 1.83. The molecule has 0 saturated carbocycles. The molecule has 2 heterocycles. The lowest BCUT2D eigenvalue weighted by molar-refractivity contribution is 0.552. The summed E-state index contributed by atoms with van der Waals surface area (Å²) in [6.45, 7) is 2.56. The van der Waals surface area contributed by atoms with Gasteiger partial charge in [0.2, 0.25) is 10.0 Å². The molecule has 0 amide bonds. The lowest BCUT2D eigenvalue weighted by Gasteiger charge is -2.23. The second-order valence-electron chi connectivity index (χ2n) is 4.83. The van der Waals surface area contributed by atoms with Gasteiger partial charge in [0.1, 0.15) is 10.7 Å². The van der Waals surface area contributed by atoms with Crippen molar-refractivity contribution >= 4 is 27.6 Å². The molecule has 1 aliphatic rings. The molecule has 19 heavy (non-hydrogen) atoms. The van der Waals surface area contributed by atoms with Gasteiger partial charge in [0.05, 0.1) is 0 Å². The minimum Gasteiger partial charge on any atom is -0.372 e. The molecule has 1 aromatic heterocycles. The van der Waals surface area contributed by atoms with Crippen LogP contribution < -0.4 is 10.0 Å². The van der Waals surface area contributed by atoms with Gasteiger partial charge in [-0.3, -0.25) is 0 Å². The molecule has 2 rings (SSSR count). The monoisotopic (exact) mass is 301 g/mol. The molecule has 1 saturated heterocycles. The van der Waals surface area contributed by atoms with E-state index in [-0.39, 0.29) is 9.64 Å². The third-order valence-electron chi connectivity index (χ3n) is 3.23. The lowest BCUT2D eigenvalue weighted by atomic mass is 10.1. The molecule has 0 spiro atoms. The molecule has 0 aromatic carbocycles. The molecule has 0 bridgehead atoms. The zero-order chi connectivity index (χ0) is 13.9. The van der Waals surface area contributed by atoms with E-state index in [1.54, 1.807) is 25.4 Å². The number of thioether (sulfide) groups is 1. The Balaban J connectivity index is 2.14.